The van der Waals surface area contributed by atoms with E-state index in [2.05, 4.69) is 22.0 Å². The van der Waals surface area contributed by atoms with Crippen molar-refractivity contribution in [3.05, 3.63) is 40.6 Å². The van der Waals surface area contributed by atoms with Gasteiger partial charge in [0.15, 0.2) is 10.4 Å². The van der Waals surface area contributed by atoms with Gasteiger partial charge in [0.25, 0.3) is 0 Å². The van der Waals surface area contributed by atoms with Gasteiger partial charge in [-0.3, -0.25) is 4.68 Å². The van der Waals surface area contributed by atoms with Crippen LogP contribution < -0.4 is 0 Å². The zero-order chi connectivity index (χ0) is 13.4. The molecule has 0 fully saturated rings. The lowest BCUT2D eigenvalue weighted by molar-refractivity contribution is 0.639. The number of imidazole rings is 1. The molecule has 0 unspecified atom stereocenters. The average molecular weight is 273 g/mol. The molecule has 0 bridgehead atoms. The van der Waals surface area contributed by atoms with E-state index in [1.165, 1.54) is 5.69 Å². The van der Waals surface area contributed by atoms with Crippen molar-refractivity contribution < 1.29 is 0 Å². The second kappa shape index (κ2) is 4.62. The fourth-order valence-corrected chi connectivity index (χ4v) is 2.53. The molecule has 3 aromatic rings. The van der Waals surface area contributed by atoms with Crippen LogP contribution in [0.1, 0.15) is 11.3 Å². The van der Waals surface area contributed by atoms with E-state index in [0.29, 0.717) is 0 Å². The zero-order valence-electron chi connectivity index (χ0n) is 10.9. The van der Waals surface area contributed by atoms with Crippen molar-refractivity contribution in [1.82, 2.24) is 24.3 Å². The molecule has 3 aromatic heterocycles. The molecule has 19 heavy (non-hydrogen) atoms. The molecule has 3 heterocycles. The molecule has 0 aliphatic heterocycles. The maximum absolute atomic E-state index is 5.39. The van der Waals surface area contributed by atoms with Crippen molar-refractivity contribution in [2.75, 3.05) is 0 Å². The predicted octanol–water partition coefficient (Wildman–Crippen LogP) is 2.38. The predicted molar refractivity (Wildman–Crippen MR) is 76.6 cm³/mol. The fourth-order valence-electron chi connectivity index (χ4n) is 2.25. The Morgan fingerprint density at radius 3 is 2.89 bits per heavy atom. The number of hydrogen-bond acceptors (Lipinski definition) is 3. The molecule has 1 N–H and O–H groups in total. The Kier molecular flexibility index (Phi) is 2.94. The molecule has 6 heteroatoms. The highest BCUT2D eigenvalue weighted by atomic mass is 32.1. The Balaban J connectivity index is 1.97. The Hall–Kier alpha value is -1.95. The standard InChI is InChI=1S/C13H15N5S/c1-9-3-6-14-12-11(9)16-13(19)18(12)8-5-10-4-7-15-17(10)2/h3-4,6-7H,5,8H2,1-2H3,(H,16,19). The van der Waals surface area contributed by atoms with Crippen molar-refractivity contribution in [1.29, 1.82) is 0 Å². The lowest BCUT2D eigenvalue weighted by Crippen LogP contribution is -2.06. The number of aromatic amines is 1. The van der Waals surface area contributed by atoms with Crippen LogP contribution in [0.25, 0.3) is 11.2 Å². The molecule has 5 nitrogen and oxygen atoms in total. The molecule has 0 aliphatic rings. The lowest BCUT2D eigenvalue weighted by atomic mass is 10.2. The first-order valence-corrected chi connectivity index (χ1v) is 6.58. The van der Waals surface area contributed by atoms with Crippen molar-refractivity contribution in [2.45, 2.75) is 19.9 Å². The van der Waals surface area contributed by atoms with E-state index < -0.39 is 0 Å². The third-order valence-corrected chi connectivity index (χ3v) is 3.71. The number of hydrogen-bond donors (Lipinski definition) is 1. The molecule has 0 spiro atoms. The number of rotatable bonds is 3. The van der Waals surface area contributed by atoms with E-state index in [1.807, 2.05) is 40.8 Å². The molecular weight excluding hydrogens is 258 g/mol. The second-order valence-electron chi connectivity index (χ2n) is 4.60. The quantitative estimate of drug-likeness (QED) is 0.745. The minimum Gasteiger partial charge on any atom is -0.329 e. The van der Waals surface area contributed by atoms with Gasteiger partial charge in [-0.1, -0.05) is 0 Å². The van der Waals surface area contributed by atoms with Crippen LogP contribution in [0.4, 0.5) is 0 Å². The van der Waals surface area contributed by atoms with Crippen LogP contribution in [0.3, 0.4) is 0 Å². The van der Waals surface area contributed by atoms with Gasteiger partial charge >= 0.3 is 0 Å². The summed E-state index contributed by atoms with van der Waals surface area (Å²) in [5.74, 6) is 0. The molecule has 0 atom stereocenters. The van der Waals surface area contributed by atoms with E-state index in [0.717, 1.165) is 34.5 Å². The van der Waals surface area contributed by atoms with Gasteiger partial charge in [-0.25, -0.2) is 4.98 Å². The van der Waals surface area contributed by atoms with Crippen LogP contribution in [0.5, 0.6) is 0 Å². The first-order chi connectivity index (χ1) is 9.16. The van der Waals surface area contributed by atoms with Gasteiger partial charge in [-0.15, -0.1) is 0 Å². The smallest absolute Gasteiger partial charge is 0.179 e. The van der Waals surface area contributed by atoms with Crippen molar-refractivity contribution in [3.63, 3.8) is 0 Å². The van der Waals surface area contributed by atoms with Gasteiger partial charge in [-0.2, -0.15) is 5.10 Å². The SMILES string of the molecule is Cc1ccnc2c1[nH]c(=S)n2CCc1ccnn1C. The van der Waals surface area contributed by atoms with Crippen LogP contribution in [0.2, 0.25) is 0 Å². The normalized spacial score (nSPS) is 11.3. The average Bonchev–Trinajstić information content (AvgIpc) is 2.92. The second-order valence-corrected chi connectivity index (χ2v) is 4.99. The molecule has 0 saturated carbocycles. The van der Waals surface area contributed by atoms with Crippen molar-refractivity contribution in [3.8, 4) is 0 Å². The summed E-state index contributed by atoms with van der Waals surface area (Å²) in [4.78, 5) is 7.66. The minimum atomic E-state index is 0.721. The van der Waals surface area contributed by atoms with Crippen molar-refractivity contribution >= 4 is 23.4 Å². The largest absolute Gasteiger partial charge is 0.329 e. The fraction of sp³-hybridized carbons (Fsp3) is 0.308. The van der Waals surface area contributed by atoms with Crippen LogP contribution in [0.15, 0.2) is 24.5 Å². The number of aryl methyl sites for hydroxylation is 4. The Morgan fingerprint density at radius 2 is 2.16 bits per heavy atom. The summed E-state index contributed by atoms with van der Waals surface area (Å²) in [6, 6.07) is 4.01. The Labute approximate surface area is 115 Å². The van der Waals surface area contributed by atoms with Gasteiger partial charge in [-0.05, 0) is 36.8 Å². The number of fused-ring (bicyclic) bond motifs is 1. The third kappa shape index (κ3) is 2.08. The molecule has 98 valence electrons. The van der Waals surface area contributed by atoms with Crippen molar-refractivity contribution in [2.24, 2.45) is 7.05 Å². The van der Waals surface area contributed by atoms with Gasteiger partial charge in [0.2, 0.25) is 0 Å². The number of aromatic nitrogens is 5. The van der Waals surface area contributed by atoms with E-state index in [1.54, 1.807) is 0 Å². The molecule has 3 rings (SSSR count). The molecule has 0 saturated heterocycles. The lowest BCUT2D eigenvalue weighted by Gasteiger charge is -2.04. The molecule has 0 aliphatic carbocycles. The number of nitrogens with one attached hydrogen (secondary N) is 1. The third-order valence-electron chi connectivity index (χ3n) is 3.39. The Morgan fingerprint density at radius 1 is 1.32 bits per heavy atom. The van der Waals surface area contributed by atoms with Gasteiger partial charge in [0.05, 0.1) is 5.52 Å². The number of pyridine rings is 1. The first kappa shape index (κ1) is 12.1. The van der Waals surface area contributed by atoms with E-state index in [-0.39, 0.29) is 0 Å². The minimum absolute atomic E-state index is 0.721. The summed E-state index contributed by atoms with van der Waals surface area (Å²) in [7, 11) is 1.95. The van der Waals surface area contributed by atoms with E-state index in [9.17, 15) is 0 Å². The summed E-state index contributed by atoms with van der Waals surface area (Å²) in [5.41, 5.74) is 4.30. The first-order valence-electron chi connectivity index (χ1n) is 6.18. The van der Waals surface area contributed by atoms with Crippen LogP contribution in [-0.4, -0.2) is 24.3 Å². The summed E-state index contributed by atoms with van der Waals surface area (Å²) in [6.07, 6.45) is 4.51. The highest BCUT2D eigenvalue weighted by molar-refractivity contribution is 7.71. The molecule has 0 aromatic carbocycles. The van der Waals surface area contributed by atoms with Gasteiger partial charge in [0, 0.05) is 38.1 Å². The summed E-state index contributed by atoms with van der Waals surface area (Å²) < 4.78 is 4.65. The number of H-pyrrole nitrogens is 1. The zero-order valence-corrected chi connectivity index (χ0v) is 11.7. The number of nitrogens with zero attached hydrogens (tertiary/aromatic N) is 4. The van der Waals surface area contributed by atoms with Crippen LogP contribution >= 0.6 is 12.2 Å². The molecule has 0 amide bonds. The summed E-state index contributed by atoms with van der Waals surface area (Å²) >= 11 is 5.39. The monoisotopic (exact) mass is 273 g/mol. The highest BCUT2D eigenvalue weighted by Gasteiger charge is 2.08. The van der Waals surface area contributed by atoms with Crippen LogP contribution in [0, 0.1) is 11.7 Å². The van der Waals surface area contributed by atoms with E-state index >= 15 is 0 Å². The summed E-state index contributed by atoms with van der Waals surface area (Å²) in [5, 5.41) is 4.17. The maximum Gasteiger partial charge on any atom is 0.179 e. The Bertz CT molecular complexity index is 780. The molecular formula is C13H15N5S. The van der Waals surface area contributed by atoms with E-state index in [4.69, 9.17) is 12.2 Å². The summed E-state index contributed by atoms with van der Waals surface area (Å²) in [6.45, 7) is 2.86. The highest BCUT2D eigenvalue weighted by Crippen LogP contribution is 2.15. The van der Waals surface area contributed by atoms with Gasteiger partial charge < -0.3 is 9.55 Å². The molecule has 0 radical (unpaired) electrons. The topological polar surface area (TPSA) is 51.4 Å². The maximum atomic E-state index is 5.39. The van der Waals surface area contributed by atoms with Crippen LogP contribution in [-0.2, 0) is 20.0 Å². The van der Waals surface area contributed by atoms with Gasteiger partial charge in [0.1, 0.15) is 0 Å².